The summed E-state index contributed by atoms with van der Waals surface area (Å²) in [4.78, 5) is 28.4. The molecule has 0 aliphatic rings. The number of benzene rings is 3. The van der Waals surface area contributed by atoms with E-state index in [1.807, 2.05) is 55.5 Å². The summed E-state index contributed by atoms with van der Waals surface area (Å²) in [6, 6.07) is 20.5. The van der Waals surface area contributed by atoms with E-state index in [2.05, 4.69) is 5.32 Å². The van der Waals surface area contributed by atoms with Gasteiger partial charge in [-0.15, -0.1) is 0 Å². The Morgan fingerprint density at radius 1 is 0.889 bits per heavy atom. The van der Waals surface area contributed by atoms with E-state index in [-0.39, 0.29) is 30.6 Å². The predicted octanol–water partition coefficient (Wildman–Crippen LogP) is 4.55. The molecule has 0 aliphatic heterocycles. The summed E-state index contributed by atoms with van der Waals surface area (Å²) in [7, 11) is 3.14. The van der Waals surface area contributed by atoms with Gasteiger partial charge in [-0.2, -0.15) is 0 Å². The maximum Gasteiger partial charge on any atom is 0.243 e. The molecule has 36 heavy (non-hydrogen) atoms. The molecule has 3 rings (SSSR count). The van der Waals surface area contributed by atoms with Gasteiger partial charge in [-0.3, -0.25) is 9.59 Å². The number of nitrogens with zero attached hydrogens (tertiary/aromatic N) is 1. The van der Waals surface area contributed by atoms with Crippen molar-refractivity contribution in [2.24, 2.45) is 0 Å². The van der Waals surface area contributed by atoms with E-state index in [9.17, 15) is 14.0 Å². The molecule has 3 aromatic rings. The minimum absolute atomic E-state index is 0.165. The zero-order chi connectivity index (χ0) is 25.9. The summed E-state index contributed by atoms with van der Waals surface area (Å²) >= 11 is 0. The highest BCUT2D eigenvalue weighted by atomic mass is 19.1. The fraction of sp³-hybridized carbons (Fsp3) is 0.310. The number of ether oxygens (including phenoxy) is 2. The third kappa shape index (κ3) is 7.31. The molecule has 0 aliphatic carbocycles. The van der Waals surface area contributed by atoms with Crippen molar-refractivity contribution in [1.82, 2.24) is 10.2 Å². The second-order valence-electron chi connectivity index (χ2n) is 8.44. The van der Waals surface area contributed by atoms with Crippen LogP contribution in [-0.4, -0.2) is 43.5 Å². The lowest BCUT2D eigenvalue weighted by Gasteiger charge is -2.31. The first-order chi connectivity index (χ1) is 17.4. The van der Waals surface area contributed by atoms with E-state index < -0.39 is 6.04 Å². The van der Waals surface area contributed by atoms with E-state index in [0.717, 1.165) is 16.7 Å². The van der Waals surface area contributed by atoms with Crippen molar-refractivity contribution < 1.29 is 23.5 Å². The van der Waals surface area contributed by atoms with Gasteiger partial charge in [0, 0.05) is 25.9 Å². The van der Waals surface area contributed by atoms with Crippen molar-refractivity contribution in [2.45, 2.75) is 38.8 Å². The molecule has 0 radical (unpaired) electrons. The van der Waals surface area contributed by atoms with Crippen molar-refractivity contribution in [3.8, 4) is 11.5 Å². The van der Waals surface area contributed by atoms with Gasteiger partial charge >= 0.3 is 0 Å². The van der Waals surface area contributed by atoms with E-state index >= 15 is 0 Å². The Morgan fingerprint density at radius 2 is 1.56 bits per heavy atom. The number of aryl methyl sites for hydroxylation is 1. The van der Waals surface area contributed by atoms with E-state index in [4.69, 9.17) is 9.47 Å². The van der Waals surface area contributed by atoms with Crippen molar-refractivity contribution in [1.29, 1.82) is 0 Å². The third-order valence-electron chi connectivity index (χ3n) is 5.96. The van der Waals surface area contributed by atoms with Crippen LogP contribution in [0.2, 0.25) is 0 Å². The van der Waals surface area contributed by atoms with Gasteiger partial charge in [-0.25, -0.2) is 4.39 Å². The van der Waals surface area contributed by atoms with Gasteiger partial charge in [0.15, 0.2) is 11.5 Å². The minimum Gasteiger partial charge on any atom is -0.493 e. The molecule has 1 N–H and O–H groups in total. The Balaban J connectivity index is 1.87. The quantitative estimate of drug-likeness (QED) is 0.403. The molecule has 3 aromatic carbocycles. The van der Waals surface area contributed by atoms with Gasteiger partial charge < -0.3 is 19.7 Å². The van der Waals surface area contributed by atoms with Gasteiger partial charge in [0.2, 0.25) is 11.8 Å². The van der Waals surface area contributed by atoms with E-state index in [1.54, 1.807) is 31.3 Å². The molecule has 0 heterocycles. The highest BCUT2D eigenvalue weighted by Gasteiger charge is 2.30. The number of nitrogens with one attached hydrogen (secondary N) is 1. The first kappa shape index (κ1) is 26.7. The fourth-order valence-electron chi connectivity index (χ4n) is 4.06. The molecule has 0 spiro atoms. The molecular formula is C29H33FN2O4. The number of carbonyl (C=O) groups is 2. The molecule has 7 heteroatoms. The summed E-state index contributed by atoms with van der Waals surface area (Å²) < 4.78 is 24.2. The highest BCUT2D eigenvalue weighted by Crippen LogP contribution is 2.28. The molecule has 0 fully saturated rings. The summed E-state index contributed by atoms with van der Waals surface area (Å²) in [5.41, 5.74) is 2.61. The zero-order valence-corrected chi connectivity index (χ0v) is 21.0. The van der Waals surface area contributed by atoms with Gasteiger partial charge in [0.1, 0.15) is 11.9 Å². The van der Waals surface area contributed by atoms with Crippen LogP contribution in [0, 0.1) is 5.82 Å². The molecule has 2 amide bonds. The first-order valence-corrected chi connectivity index (χ1v) is 12.0. The summed E-state index contributed by atoms with van der Waals surface area (Å²) in [5, 5.41) is 2.87. The first-order valence-electron chi connectivity index (χ1n) is 12.0. The number of likely N-dealkylation sites (N-methyl/N-ethyl adjacent to an activating group) is 1. The standard InChI is InChI=1S/C29H33FN2O4/c1-4-31-29(34)25(18-21-8-6-5-7-9-21)32(20-23-10-14-24(30)15-11-23)28(33)17-13-22-12-16-26(35-2)27(19-22)36-3/h5-12,14-16,19,25H,4,13,17-18,20H2,1-3H3,(H,31,34)/t25-/m1/s1. The van der Waals surface area contributed by atoms with Gasteiger partial charge in [0.25, 0.3) is 0 Å². The molecule has 0 saturated heterocycles. The normalized spacial score (nSPS) is 11.4. The van der Waals surface area contributed by atoms with Gasteiger partial charge in [-0.05, 0) is 54.3 Å². The van der Waals surface area contributed by atoms with Crippen molar-refractivity contribution in [2.75, 3.05) is 20.8 Å². The SMILES string of the molecule is CCNC(=O)[C@@H](Cc1ccccc1)N(Cc1ccc(F)cc1)C(=O)CCc1ccc(OC)c(OC)c1. The predicted molar refractivity (Wildman–Crippen MR) is 137 cm³/mol. The maximum atomic E-state index is 13.6. The van der Waals surface area contributed by atoms with Crippen LogP contribution in [0.25, 0.3) is 0 Å². The lowest BCUT2D eigenvalue weighted by Crippen LogP contribution is -2.50. The highest BCUT2D eigenvalue weighted by molar-refractivity contribution is 5.88. The lowest BCUT2D eigenvalue weighted by molar-refractivity contribution is -0.141. The number of halogens is 1. The van der Waals surface area contributed by atoms with Gasteiger partial charge in [-0.1, -0.05) is 48.5 Å². The number of amides is 2. The number of rotatable bonds is 12. The third-order valence-corrected chi connectivity index (χ3v) is 5.96. The Labute approximate surface area is 212 Å². The molecule has 0 saturated carbocycles. The lowest BCUT2D eigenvalue weighted by atomic mass is 10.0. The second kappa shape index (κ2) is 13.3. The number of hydrogen-bond donors (Lipinski definition) is 1. The van der Waals surface area contributed by atoms with Crippen LogP contribution in [0.3, 0.4) is 0 Å². The molecule has 1 atom stereocenters. The fourth-order valence-corrected chi connectivity index (χ4v) is 4.06. The van der Waals surface area contributed by atoms with Crippen LogP contribution in [0.15, 0.2) is 72.8 Å². The Kier molecular flexibility index (Phi) is 9.86. The maximum absolute atomic E-state index is 13.6. The van der Waals surface area contributed by atoms with Crippen LogP contribution < -0.4 is 14.8 Å². The summed E-state index contributed by atoms with van der Waals surface area (Å²) in [6.07, 6.45) is 1.03. The van der Waals surface area contributed by atoms with Crippen molar-refractivity contribution in [3.63, 3.8) is 0 Å². The van der Waals surface area contributed by atoms with Crippen LogP contribution in [-0.2, 0) is 29.0 Å². The van der Waals surface area contributed by atoms with Crippen molar-refractivity contribution in [3.05, 3.63) is 95.3 Å². The Hall–Kier alpha value is -3.87. The summed E-state index contributed by atoms with van der Waals surface area (Å²) in [5.74, 6) is 0.471. The molecule has 0 bridgehead atoms. The van der Waals surface area contributed by atoms with E-state index in [1.165, 1.54) is 12.1 Å². The Morgan fingerprint density at radius 3 is 2.19 bits per heavy atom. The van der Waals surface area contributed by atoms with Crippen LogP contribution in [0.1, 0.15) is 30.0 Å². The van der Waals surface area contributed by atoms with Crippen LogP contribution in [0.5, 0.6) is 11.5 Å². The molecule has 6 nitrogen and oxygen atoms in total. The average molecular weight is 493 g/mol. The zero-order valence-electron chi connectivity index (χ0n) is 21.0. The number of carbonyl (C=O) groups excluding carboxylic acids is 2. The summed E-state index contributed by atoms with van der Waals surface area (Å²) in [6.45, 7) is 2.49. The molecule has 0 aromatic heterocycles. The molecule has 0 unspecified atom stereocenters. The topological polar surface area (TPSA) is 67.9 Å². The number of hydrogen-bond acceptors (Lipinski definition) is 4. The molecule has 190 valence electrons. The molecular weight excluding hydrogens is 459 g/mol. The van der Waals surface area contributed by atoms with Crippen LogP contribution >= 0.6 is 0 Å². The monoisotopic (exact) mass is 492 g/mol. The Bertz CT molecular complexity index is 1140. The average Bonchev–Trinajstić information content (AvgIpc) is 2.90. The van der Waals surface area contributed by atoms with Crippen molar-refractivity contribution >= 4 is 11.8 Å². The minimum atomic E-state index is -0.713. The van der Waals surface area contributed by atoms with E-state index in [0.29, 0.717) is 30.9 Å². The number of methoxy groups -OCH3 is 2. The largest absolute Gasteiger partial charge is 0.493 e. The smallest absolute Gasteiger partial charge is 0.243 e. The second-order valence-corrected chi connectivity index (χ2v) is 8.44. The van der Waals surface area contributed by atoms with Crippen LogP contribution in [0.4, 0.5) is 4.39 Å². The van der Waals surface area contributed by atoms with Gasteiger partial charge in [0.05, 0.1) is 14.2 Å².